The second-order valence-electron chi connectivity index (χ2n) is 3.78. The maximum atomic E-state index is 12.9. The molecule has 0 radical (unpaired) electrons. The normalized spacial score (nSPS) is 11.9. The fourth-order valence-electron chi connectivity index (χ4n) is 1.46. The minimum atomic E-state index is -1.21. The van der Waals surface area contributed by atoms with Crippen LogP contribution in [0.25, 0.3) is 0 Å². The number of aliphatic carboxylic acids is 1. The first-order valence-electron chi connectivity index (χ1n) is 5.40. The number of benzene rings is 1. The van der Waals surface area contributed by atoms with Crippen LogP contribution in [0.2, 0.25) is 0 Å². The van der Waals surface area contributed by atoms with E-state index < -0.39 is 23.7 Å². The van der Waals surface area contributed by atoms with Gasteiger partial charge in [-0.3, -0.25) is 4.79 Å². The van der Waals surface area contributed by atoms with Gasteiger partial charge in [-0.2, -0.15) is 0 Å². The number of carboxylic acid groups (broad SMARTS) is 1. The molecule has 0 heterocycles. The zero-order valence-electron chi connectivity index (χ0n) is 9.60. The number of rotatable bonds is 6. The van der Waals surface area contributed by atoms with Gasteiger partial charge < -0.3 is 15.5 Å². The summed E-state index contributed by atoms with van der Waals surface area (Å²) in [7, 11) is 0. The van der Waals surface area contributed by atoms with Crippen LogP contribution < -0.4 is 5.32 Å². The van der Waals surface area contributed by atoms with Crippen molar-refractivity contribution in [3.05, 3.63) is 35.6 Å². The molecule has 1 rings (SSSR count). The maximum absolute atomic E-state index is 12.9. The minimum Gasteiger partial charge on any atom is -0.480 e. The summed E-state index contributed by atoms with van der Waals surface area (Å²) < 4.78 is 12.9. The van der Waals surface area contributed by atoms with E-state index in [1.165, 1.54) is 18.2 Å². The van der Waals surface area contributed by atoms with Crippen molar-refractivity contribution in [1.82, 2.24) is 5.32 Å². The lowest BCUT2D eigenvalue weighted by Gasteiger charge is -2.13. The highest BCUT2D eigenvalue weighted by molar-refractivity contribution is 5.84. The van der Waals surface area contributed by atoms with Crippen molar-refractivity contribution in [1.29, 1.82) is 0 Å². The number of carbonyl (C=O) groups excluding carboxylic acids is 1. The average Bonchev–Trinajstić information content (AvgIpc) is 2.28. The molecule has 0 saturated carbocycles. The number of carbonyl (C=O) groups is 2. The van der Waals surface area contributed by atoms with Crippen LogP contribution in [0.15, 0.2) is 24.3 Å². The Morgan fingerprint density at radius 3 is 2.67 bits per heavy atom. The molecule has 0 unspecified atom stereocenters. The highest BCUT2D eigenvalue weighted by atomic mass is 19.1. The molecule has 0 spiro atoms. The van der Waals surface area contributed by atoms with E-state index in [0.717, 1.165) is 0 Å². The zero-order valence-corrected chi connectivity index (χ0v) is 9.60. The first kappa shape index (κ1) is 14.1. The van der Waals surface area contributed by atoms with E-state index in [9.17, 15) is 14.0 Å². The minimum absolute atomic E-state index is 0.0653. The molecule has 1 aromatic rings. The monoisotopic (exact) mass is 255 g/mol. The summed E-state index contributed by atoms with van der Waals surface area (Å²) in [5.41, 5.74) is 0.459. The highest BCUT2D eigenvalue weighted by Crippen LogP contribution is 2.04. The SMILES string of the molecule is O=C(Cc1cccc(F)c1)N[C@@H](CCO)C(=O)O. The molecule has 0 bridgehead atoms. The standard InChI is InChI=1S/C12H14FNO4/c13-9-3-1-2-8(6-9)7-11(16)14-10(4-5-15)12(17)18/h1-3,6,10,15H,4-5,7H2,(H,14,16)(H,17,18)/t10-/m0/s1. The van der Waals surface area contributed by atoms with E-state index in [-0.39, 0.29) is 19.4 Å². The molecule has 1 aromatic carbocycles. The number of aliphatic hydroxyl groups excluding tert-OH is 1. The van der Waals surface area contributed by atoms with Crippen LogP contribution in [0.3, 0.4) is 0 Å². The van der Waals surface area contributed by atoms with Gasteiger partial charge in [0, 0.05) is 13.0 Å². The fourth-order valence-corrected chi connectivity index (χ4v) is 1.46. The van der Waals surface area contributed by atoms with Gasteiger partial charge in [0.15, 0.2) is 0 Å². The van der Waals surface area contributed by atoms with Gasteiger partial charge in [0.05, 0.1) is 6.42 Å². The Morgan fingerprint density at radius 2 is 2.11 bits per heavy atom. The van der Waals surface area contributed by atoms with Gasteiger partial charge in [0.2, 0.25) is 5.91 Å². The van der Waals surface area contributed by atoms with Gasteiger partial charge in [0.1, 0.15) is 11.9 Å². The Hall–Kier alpha value is -1.95. The van der Waals surface area contributed by atoms with E-state index in [0.29, 0.717) is 5.56 Å². The molecule has 1 atom stereocenters. The third-order valence-corrected chi connectivity index (χ3v) is 2.30. The molecule has 0 aliphatic rings. The van der Waals surface area contributed by atoms with Crippen LogP contribution >= 0.6 is 0 Å². The van der Waals surface area contributed by atoms with Crippen molar-refractivity contribution in [2.24, 2.45) is 0 Å². The Balaban J connectivity index is 2.57. The molecule has 0 saturated heterocycles. The van der Waals surface area contributed by atoms with E-state index >= 15 is 0 Å². The number of carboxylic acids is 1. The summed E-state index contributed by atoms with van der Waals surface area (Å²) in [4.78, 5) is 22.3. The van der Waals surface area contributed by atoms with Crippen LogP contribution in [0.4, 0.5) is 4.39 Å². The number of amides is 1. The molecule has 6 heteroatoms. The largest absolute Gasteiger partial charge is 0.480 e. The second-order valence-corrected chi connectivity index (χ2v) is 3.78. The lowest BCUT2D eigenvalue weighted by atomic mass is 10.1. The molecule has 18 heavy (non-hydrogen) atoms. The first-order valence-corrected chi connectivity index (χ1v) is 5.40. The molecule has 0 aliphatic heterocycles. The number of nitrogens with one attached hydrogen (secondary N) is 1. The Labute approximate surface area is 103 Å². The van der Waals surface area contributed by atoms with E-state index in [1.54, 1.807) is 6.07 Å². The van der Waals surface area contributed by atoms with Crippen molar-refractivity contribution in [3.63, 3.8) is 0 Å². The summed E-state index contributed by atoms with van der Waals surface area (Å²) in [5, 5.41) is 19.7. The Bertz CT molecular complexity index is 436. The molecule has 0 aliphatic carbocycles. The number of aliphatic hydroxyl groups is 1. The van der Waals surface area contributed by atoms with Crippen molar-refractivity contribution < 1.29 is 24.2 Å². The topological polar surface area (TPSA) is 86.6 Å². The zero-order chi connectivity index (χ0) is 13.5. The Morgan fingerprint density at radius 1 is 1.39 bits per heavy atom. The van der Waals surface area contributed by atoms with Crippen LogP contribution in [0.1, 0.15) is 12.0 Å². The molecular formula is C12H14FNO4. The molecule has 5 nitrogen and oxygen atoms in total. The molecule has 98 valence electrons. The van der Waals surface area contributed by atoms with Gasteiger partial charge in [-0.25, -0.2) is 9.18 Å². The predicted molar refractivity (Wildman–Crippen MR) is 61.4 cm³/mol. The number of halogens is 1. The van der Waals surface area contributed by atoms with Crippen LogP contribution in [0, 0.1) is 5.82 Å². The molecule has 1 amide bonds. The Kier molecular flexibility index (Phi) is 5.26. The third kappa shape index (κ3) is 4.50. The van der Waals surface area contributed by atoms with Gasteiger partial charge in [-0.1, -0.05) is 12.1 Å². The summed E-state index contributed by atoms with van der Waals surface area (Å²) >= 11 is 0. The summed E-state index contributed by atoms with van der Waals surface area (Å²) in [5.74, 6) is -2.19. The fraction of sp³-hybridized carbons (Fsp3) is 0.333. The predicted octanol–water partition coefficient (Wildman–Crippen LogP) is 0.320. The van der Waals surface area contributed by atoms with Gasteiger partial charge in [-0.15, -0.1) is 0 Å². The smallest absolute Gasteiger partial charge is 0.326 e. The number of hydrogen-bond donors (Lipinski definition) is 3. The van der Waals surface area contributed by atoms with Gasteiger partial charge >= 0.3 is 5.97 Å². The summed E-state index contributed by atoms with van der Waals surface area (Å²) in [6, 6.07) is 4.38. The molecule has 3 N–H and O–H groups in total. The van der Waals surface area contributed by atoms with Gasteiger partial charge in [0.25, 0.3) is 0 Å². The molecular weight excluding hydrogens is 241 g/mol. The first-order chi connectivity index (χ1) is 8.52. The second kappa shape index (κ2) is 6.70. The van der Waals surface area contributed by atoms with Crippen LogP contribution in [-0.2, 0) is 16.0 Å². The van der Waals surface area contributed by atoms with Crippen LogP contribution in [0.5, 0.6) is 0 Å². The quantitative estimate of drug-likeness (QED) is 0.683. The summed E-state index contributed by atoms with van der Waals surface area (Å²) in [6.07, 6.45) is -0.169. The highest BCUT2D eigenvalue weighted by Gasteiger charge is 2.19. The third-order valence-electron chi connectivity index (χ3n) is 2.30. The molecule has 0 aromatic heterocycles. The van der Waals surface area contributed by atoms with E-state index in [1.807, 2.05) is 0 Å². The van der Waals surface area contributed by atoms with Crippen molar-refractivity contribution in [2.45, 2.75) is 18.9 Å². The van der Waals surface area contributed by atoms with Crippen molar-refractivity contribution in [2.75, 3.05) is 6.61 Å². The average molecular weight is 255 g/mol. The van der Waals surface area contributed by atoms with Crippen molar-refractivity contribution in [3.8, 4) is 0 Å². The van der Waals surface area contributed by atoms with Gasteiger partial charge in [-0.05, 0) is 17.7 Å². The van der Waals surface area contributed by atoms with Crippen LogP contribution in [-0.4, -0.2) is 34.7 Å². The van der Waals surface area contributed by atoms with E-state index in [4.69, 9.17) is 10.2 Å². The maximum Gasteiger partial charge on any atom is 0.326 e. The van der Waals surface area contributed by atoms with Crippen molar-refractivity contribution >= 4 is 11.9 Å². The summed E-state index contributed by atoms with van der Waals surface area (Å²) in [6.45, 7) is -0.336. The number of hydrogen-bond acceptors (Lipinski definition) is 3. The lowest BCUT2D eigenvalue weighted by molar-refractivity contribution is -0.142. The lowest BCUT2D eigenvalue weighted by Crippen LogP contribution is -2.42. The van der Waals surface area contributed by atoms with E-state index in [2.05, 4.69) is 5.32 Å². The molecule has 0 fully saturated rings.